The molecule has 0 bridgehead atoms. The lowest BCUT2D eigenvalue weighted by atomic mass is 9.98. The number of hydrogen-bond acceptors (Lipinski definition) is 7. The van der Waals surface area contributed by atoms with E-state index in [0.29, 0.717) is 43.7 Å². The number of thiazole rings is 1. The molecule has 0 fully saturated rings. The molecule has 0 radical (unpaired) electrons. The molecule has 0 N–H and O–H groups in total. The molecule has 5 aromatic rings. The van der Waals surface area contributed by atoms with Crippen LogP contribution in [0.15, 0.2) is 69.9 Å². The molecular weight excluding hydrogens is 488 g/mol. The highest BCUT2D eigenvalue weighted by Crippen LogP contribution is 2.45. The zero-order chi connectivity index (χ0) is 24.3. The second-order valence-corrected chi connectivity index (χ2v) is 9.42. The van der Waals surface area contributed by atoms with E-state index in [0.717, 1.165) is 4.70 Å². The minimum atomic E-state index is -0.769. The number of halogens is 1. The van der Waals surface area contributed by atoms with Crippen molar-refractivity contribution in [1.29, 1.82) is 0 Å². The van der Waals surface area contributed by atoms with Gasteiger partial charge in [-0.05, 0) is 48.0 Å². The van der Waals surface area contributed by atoms with Crippen molar-refractivity contribution < 1.29 is 18.7 Å². The van der Waals surface area contributed by atoms with E-state index in [2.05, 4.69) is 4.98 Å². The third-order valence-electron chi connectivity index (χ3n) is 6.05. The average Bonchev–Trinajstić information content (AvgIpc) is 3.42. The molecule has 9 heteroatoms. The predicted octanol–water partition coefficient (Wildman–Crippen LogP) is 5.82. The SMILES string of the molecule is COc1ccc(C2c3c(oc4ccccc4c3=O)C(=O)N2c2nc3ccc(Cl)cc3s2)cc1OC. The summed E-state index contributed by atoms with van der Waals surface area (Å²) in [5.74, 6) is 0.582. The highest BCUT2D eigenvalue weighted by Gasteiger charge is 2.45. The Kier molecular flexibility index (Phi) is 5.01. The first-order valence-corrected chi connectivity index (χ1v) is 11.9. The van der Waals surface area contributed by atoms with Crippen LogP contribution in [0.2, 0.25) is 5.02 Å². The first-order chi connectivity index (χ1) is 17.0. The van der Waals surface area contributed by atoms with E-state index in [1.807, 2.05) is 0 Å². The summed E-state index contributed by atoms with van der Waals surface area (Å²) >= 11 is 7.49. The van der Waals surface area contributed by atoms with E-state index >= 15 is 0 Å². The standard InChI is InChI=1S/C26H17ClN2O5S/c1-32-18-10-7-13(11-19(18)33-2)22-21-23(30)15-5-3-4-6-17(15)34-24(21)25(31)29(22)26-28-16-9-8-14(27)12-20(16)35-26/h3-12,22H,1-2H3. The monoisotopic (exact) mass is 504 g/mol. The van der Waals surface area contributed by atoms with E-state index in [4.69, 9.17) is 25.5 Å². The molecule has 1 aliphatic heterocycles. The Hall–Kier alpha value is -3.88. The van der Waals surface area contributed by atoms with Crippen LogP contribution in [0.3, 0.4) is 0 Å². The first-order valence-electron chi connectivity index (χ1n) is 10.7. The minimum Gasteiger partial charge on any atom is -0.493 e. The van der Waals surface area contributed by atoms with Crippen LogP contribution in [0, 0.1) is 0 Å². The molecule has 0 aliphatic carbocycles. The summed E-state index contributed by atoms with van der Waals surface area (Å²) in [5.41, 5.74) is 1.72. The van der Waals surface area contributed by atoms with Crippen LogP contribution >= 0.6 is 22.9 Å². The van der Waals surface area contributed by atoms with Gasteiger partial charge in [0.05, 0.1) is 41.4 Å². The van der Waals surface area contributed by atoms with Gasteiger partial charge in [0.15, 0.2) is 22.1 Å². The number of rotatable bonds is 4. The van der Waals surface area contributed by atoms with Crippen LogP contribution in [-0.4, -0.2) is 25.1 Å². The second-order valence-electron chi connectivity index (χ2n) is 7.97. The Morgan fingerprint density at radius 2 is 1.80 bits per heavy atom. The summed E-state index contributed by atoms with van der Waals surface area (Å²) in [4.78, 5) is 33.7. The van der Waals surface area contributed by atoms with E-state index < -0.39 is 11.9 Å². The minimum absolute atomic E-state index is 0.00535. The molecule has 0 saturated heterocycles. The van der Waals surface area contributed by atoms with Gasteiger partial charge >= 0.3 is 0 Å². The molecule has 6 rings (SSSR count). The molecule has 1 aliphatic rings. The van der Waals surface area contributed by atoms with Crippen LogP contribution in [-0.2, 0) is 0 Å². The fourth-order valence-electron chi connectivity index (χ4n) is 4.44. The number of anilines is 1. The maximum atomic E-state index is 13.8. The Bertz CT molecular complexity index is 1710. The summed E-state index contributed by atoms with van der Waals surface area (Å²) in [6.45, 7) is 0. The molecule has 2 aromatic heterocycles. The summed E-state index contributed by atoms with van der Waals surface area (Å²) in [7, 11) is 3.08. The van der Waals surface area contributed by atoms with Gasteiger partial charge in [-0.3, -0.25) is 14.5 Å². The Balaban J connectivity index is 1.63. The van der Waals surface area contributed by atoms with Crippen molar-refractivity contribution in [3.63, 3.8) is 0 Å². The maximum absolute atomic E-state index is 13.8. The summed E-state index contributed by atoms with van der Waals surface area (Å²) in [6, 6.07) is 16.8. The van der Waals surface area contributed by atoms with Crippen LogP contribution in [0.1, 0.15) is 27.7 Å². The number of ether oxygens (including phenoxy) is 2. The van der Waals surface area contributed by atoms with Crippen molar-refractivity contribution in [1.82, 2.24) is 4.98 Å². The third kappa shape index (κ3) is 3.29. The zero-order valence-corrected chi connectivity index (χ0v) is 20.1. The van der Waals surface area contributed by atoms with Gasteiger partial charge in [0.1, 0.15) is 5.58 Å². The third-order valence-corrected chi connectivity index (χ3v) is 7.30. The number of fused-ring (bicyclic) bond motifs is 3. The summed E-state index contributed by atoms with van der Waals surface area (Å²) in [6.07, 6.45) is 0. The summed E-state index contributed by atoms with van der Waals surface area (Å²) < 4.78 is 17.7. The van der Waals surface area contributed by atoms with Crippen LogP contribution in [0.25, 0.3) is 21.2 Å². The van der Waals surface area contributed by atoms with Crippen molar-refractivity contribution >= 4 is 55.2 Å². The molecule has 0 spiro atoms. The molecule has 35 heavy (non-hydrogen) atoms. The van der Waals surface area contributed by atoms with Crippen molar-refractivity contribution in [2.24, 2.45) is 0 Å². The fourth-order valence-corrected chi connectivity index (χ4v) is 5.71. The lowest BCUT2D eigenvalue weighted by Crippen LogP contribution is -2.29. The molecule has 1 unspecified atom stereocenters. The van der Waals surface area contributed by atoms with Crippen molar-refractivity contribution in [3.05, 3.63) is 92.8 Å². The zero-order valence-electron chi connectivity index (χ0n) is 18.6. The number of para-hydroxylation sites is 1. The van der Waals surface area contributed by atoms with Crippen molar-refractivity contribution in [3.8, 4) is 11.5 Å². The molecule has 1 atom stereocenters. The Morgan fingerprint density at radius 1 is 1.00 bits per heavy atom. The smallest absolute Gasteiger partial charge is 0.297 e. The number of carbonyl (C=O) groups excluding carboxylic acids is 1. The number of amides is 1. The topological polar surface area (TPSA) is 81.9 Å². The highest BCUT2D eigenvalue weighted by atomic mass is 35.5. The van der Waals surface area contributed by atoms with Gasteiger partial charge in [0, 0.05) is 5.02 Å². The van der Waals surface area contributed by atoms with E-state index in [1.54, 1.807) is 67.8 Å². The number of benzene rings is 3. The predicted molar refractivity (Wildman–Crippen MR) is 135 cm³/mol. The maximum Gasteiger partial charge on any atom is 0.297 e. The largest absolute Gasteiger partial charge is 0.493 e. The van der Waals surface area contributed by atoms with E-state index in [9.17, 15) is 9.59 Å². The summed E-state index contributed by atoms with van der Waals surface area (Å²) in [5, 5.41) is 1.41. The fraction of sp³-hybridized carbons (Fsp3) is 0.115. The van der Waals surface area contributed by atoms with Crippen molar-refractivity contribution in [2.75, 3.05) is 19.1 Å². The molecule has 0 saturated carbocycles. The molecule has 7 nitrogen and oxygen atoms in total. The Morgan fingerprint density at radius 3 is 2.60 bits per heavy atom. The second kappa shape index (κ2) is 8.11. The number of aromatic nitrogens is 1. The van der Waals surface area contributed by atoms with Gasteiger partial charge in [-0.2, -0.15) is 0 Å². The normalized spacial score (nSPS) is 15.1. The quantitative estimate of drug-likeness (QED) is 0.306. The van der Waals surface area contributed by atoms with Crippen molar-refractivity contribution in [2.45, 2.75) is 6.04 Å². The number of methoxy groups -OCH3 is 2. The number of hydrogen-bond donors (Lipinski definition) is 0. The van der Waals surface area contributed by atoms with Gasteiger partial charge < -0.3 is 13.9 Å². The van der Waals surface area contributed by atoms with Gasteiger partial charge in [-0.15, -0.1) is 0 Å². The molecule has 3 heterocycles. The van der Waals surface area contributed by atoms with E-state index in [1.165, 1.54) is 23.3 Å². The molecular formula is C26H17ClN2O5S. The number of carbonyl (C=O) groups is 1. The van der Waals surface area contributed by atoms with Crippen LogP contribution < -0.4 is 19.8 Å². The van der Waals surface area contributed by atoms with Gasteiger partial charge in [0.25, 0.3) is 5.91 Å². The van der Waals surface area contributed by atoms with E-state index in [-0.39, 0.29) is 16.8 Å². The lowest BCUT2D eigenvalue weighted by molar-refractivity contribution is 0.0971. The lowest BCUT2D eigenvalue weighted by Gasteiger charge is -2.23. The molecule has 1 amide bonds. The van der Waals surface area contributed by atoms with Gasteiger partial charge in [-0.1, -0.05) is 41.1 Å². The highest BCUT2D eigenvalue weighted by molar-refractivity contribution is 7.22. The van der Waals surface area contributed by atoms with Gasteiger partial charge in [0.2, 0.25) is 5.76 Å². The molecule has 174 valence electrons. The van der Waals surface area contributed by atoms with Crippen LogP contribution in [0.5, 0.6) is 11.5 Å². The Labute approximate surface area is 208 Å². The molecule has 3 aromatic carbocycles. The first kappa shape index (κ1) is 21.6. The van der Waals surface area contributed by atoms with Gasteiger partial charge in [-0.25, -0.2) is 4.98 Å². The van der Waals surface area contributed by atoms with Crippen LogP contribution in [0.4, 0.5) is 5.13 Å². The number of nitrogens with zero attached hydrogens (tertiary/aromatic N) is 2. The average molecular weight is 505 g/mol.